The second kappa shape index (κ2) is 8.59. The molecule has 0 aromatic heterocycles. The molecule has 0 fully saturated rings. The fourth-order valence-electron chi connectivity index (χ4n) is 2.27. The summed E-state index contributed by atoms with van der Waals surface area (Å²) in [7, 11) is 0. The molecule has 0 bridgehead atoms. The second-order valence-electron chi connectivity index (χ2n) is 6.15. The number of aliphatic hydroxyl groups excluding tert-OH is 1. The van der Waals surface area contributed by atoms with E-state index in [0.29, 0.717) is 29.8 Å². The van der Waals surface area contributed by atoms with Gasteiger partial charge in [0.2, 0.25) is 0 Å². The highest BCUT2D eigenvalue weighted by molar-refractivity contribution is 6.30. The van der Waals surface area contributed by atoms with Crippen LogP contribution in [0.1, 0.15) is 27.2 Å². The van der Waals surface area contributed by atoms with Crippen molar-refractivity contribution in [3.05, 3.63) is 29.3 Å². The fourth-order valence-corrected chi connectivity index (χ4v) is 2.45. The van der Waals surface area contributed by atoms with Crippen LogP contribution in [0.4, 0.5) is 0 Å². The van der Waals surface area contributed by atoms with Gasteiger partial charge >= 0.3 is 0 Å². The van der Waals surface area contributed by atoms with Crippen molar-refractivity contribution in [3.63, 3.8) is 0 Å². The molecular weight excluding hydrogens is 290 g/mol. The first-order chi connectivity index (χ1) is 9.78. The Balaban J connectivity index is 2.24. The molecule has 1 aromatic rings. The molecule has 120 valence electrons. The number of ether oxygens (including phenoxy) is 1. The predicted octanol–water partition coefficient (Wildman–Crippen LogP) is 2.47. The van der Waals surface area contributed by atoms with Gasteiger partial charge in [0, 0.05) is 18.1 Å². The first-order valence-corrected chi connectivity index (χ1v) is 7.66. The molecule has 0 aliphatic heterocycles. The number of rotatable bonds is 9. The van der Waals surface area contributed by atoms with Gasteiger partial charge in [-0.3, -0.25) is 0 Å². The van der Waals surface area contributed by atoms with Gasteiger partial charge in [-0.05, 0) is 37.5 Å². The summed E-state index contributed by atoms with van der Waals surface area (Å²) in [5.74, 6) is 1.06. The van der Waals surface area contributed by atoms with Crippen molar-refractivity contribution in [1.29, 1.82) is 0 Å². The molecule has 1 rings (SSSR count). The monoisotopic (exact) mass is 315 g/mol. The van der Waals surface area contributed by atoms with Gasteiger partial charge in [-0.2, -0.15) is 0 Å². The van der Waals surface area contributed by atoms with Crippen LogP contribution in [-0.4, -0.2) is 41.6 Å². The van der Waals surface area contributed by atoms with Crippen LogP contribution in [0.3, 0.4) is 0 Å². The summed E-state index contributed by atoms with van der Waals surface area (Å²) in [6, 6.07) is 7.06. The van der Waals surface area contributed by atoms with Gasteiger partial charge in [-0.15, -0.1) is 0 Å². The highest BCUT2D eigenvalue weighted by Crippen LogP contribution is 2.17. The largest absolute Gasteiger partial charge is 0.491 e. The van der Waals surface area contributed by atoms with E-state index in [1.807, 2.05) is 0 Å². The summed E-state index contributed by atoms with van der Waals surface area (Å²) in [6.45, 7) is 6.94. The van der Waals surface area contributed by atoms with Crippen LogP contribution >= 0.6 is 11.6 Å². The number of hydrogen-bond donors (Lipinski definition) is 3. The molecule has 4 nitrogen and oxygen atoms in total. The molecule has 0 radical (unpaired) electrons. The first kappa shape index (κ1) is 18.2. The van der Waals surface area contributed by atoms with E-state index < -0.39 is 11.7 Å². The maximum atomic E-state index is 10.1. The SMILES string of the molecule is CC(C)CC(C)(O)CNCC(O)COc1cccc(Cl)c1. The van der Waals surface area contributed by atoms with Crippen molar-refractivity contribution >= 4 is 11.6 Å². The predicted molar refractivity (Wildman–Crippen MR) is 85.9 cm³/mol. The van der Waals surface area contributed by atoms with E-state index in [9.17, 15) is 10.2 Å². The van der Waals surface area contributed by atoms with Crippen molar-refractivity contribution in [3.8, 4) is 5.75 Å². The maximum Gasteiger partial charge on any atom is 0.120 e. The van der Waals surface area contributed by atoms with Gasteiger partial charge in [0.1, 0.15) is 18.5 Å². The highest BCUT2D eigenvalue weighted by atomic mass is 35.5. The van der Waals surface area contributed by atoms with Crippen LogP contribution in [0.5, 0.6) is 5.75 Å². The lowest BCUT2D eigenvalue weighted by atomic mass is 9.94. The van der Waals surface area contributed by atoms with E-state index in [4.69, 9.17) is 16.3 Å². The average Bonchev–Trinajstić information content (AvgIpc) is 2.34. The Bertz CT molecular complexity index is 424. The van der Waals surface area contributed by atoms with Gasteiger partial charge in [0.15, 0.2) is 0 Å². The van der Waals surface area contributed by atoms with Crippen molar-refractivity contribution in [2.45, 2.75) is 38.9 Å². The minimum atomic E-state index is -0.762. The molecule has 0 saturated heterocycles. The smallest absolute Gasteiger partial charge is 0.120 e. The molecule has 0 aliphatic carbocycles. The average molecular weight is 316 g/mol. The maximum absolute atomic E-state index is 10.1. The van der Waals surface area contributed by atoms with Gasteiger partial charge in [-0.25, -0.2) is 0 Å². The van der Waals surface area contributed by atoms with E-state index in [0.717, 1.165) is 6.42 Å². The summed E-state index contributed by atoms with van der Waals surface area (Å²) in [6.07, 6.45) is 0.0774. The third-order valence-corrected chi connectivity index (χ3v) is 3.21. The minimum absolute atomic E-state index is 0.180. The molecule has 3 N–H and O–H groups in total. The van der Waals surface area contributed by atoms with Crippen molar-refractivity contribution in [2.24, 2.45) is 5.92 Å². The summed E-state index contributed by atoms with van der Waals surface area (Å²) in [4.78, 5) is 0. The van der Waals surface area contributed by atoms with Gasteiger partial charge in [0.05, 0.1) is 5.60 Å². The Morgan fingerprint density at radius 3 is 2.71 bits per heavy atom. The zero-order valence-corrected chi connectivity index (χ0v) is 13.7. The molecular formula is C16H26ClNO3. The van der Waals surface area contributed by atoms with Gasteiger partial charge in [0.25, 0.3) is 0 Å². The van der Waals surface area contributed by atoms with E-state index >= 15 is 0 Å². The lowest BCUT2D eigenvalue weighted by Crippen LogP contribution is -2.42. The third-order valence-electron chi connectivity index (χ3n) is 2.97. The zero-order valence-electron chi connectivity index (χ0n) is 13.0. The standard InChI is InChI=1S/C16H26ClNO3/c1-12(2)8-16(3,20)11-18-9-14(19)10-21-15-6-4-5-13(17)7-15/h4-7,12,14,18-20H,8-11H2,1-3H3. The molecule has 0 heterocycles. The third kappa shape index (κ3) is 8.27. The van der Waals surface area contributed by atoms with Gasteiger partial charge < -0.3 is 20.3 Å². The quantitative estimate of drug-likeness (QED) is 0.655. The Morgan fingerprint density at radius 1 is 1.38 bits per heavy atom. The molecule has 0 amide bonds. The van der Waals surface area contributed by atoms with Crippen molar-refractivity contribution in [2.75, 3.05) is 19.7 Å². The summed E-state index contributed by atoms with van der Waals surface area (Å²) in [5.41, 5.74) is -0.762. The Labute approximate surface area is 132 Å². The topological polar surface area (TPSA) is 61.7 Å². The number of nitrogens with one attached hydrogen (secondary N) is 1. The number of aliphatic hydroxyl groups is 2. The molecule has 5 heteroatoms. The fraction of sp³-hybridized carbons (Fsp3) is 0.625. The van der Waals surface area contributed by atoms with E-state index in [1.54, 1.807) is 31.2 Å². The van der Waals surface area contributed by atoms with Crippen LogP contribution in [-0.2, 0) is 0 Å². The minimum Gasteiger partial charge on any atom is -0.491 e. The van der Waals surface area contributed by atoms with E-state index in [1.165, 1.54) is 0 Å². The Morgan fingerprint density at radius 2 is 2.10 bits per heavy atom. The number of halogens is 1. The lowest BCUT2D eigenvalue weighted by Gasteiger charge is -2.26. The van der Waals surface area contributed by atoms with Crippen LogP contribution in [0, 0.1) is 5.92 Å². The van der Waals surface area contributed by atoms with Gasteiger partial charge in [-0.1, -0.05) is 31.5 Å². The van der Waals surface area contributed by atoms with E-state index in [2.05, 4.69) is 19.2 Å². The molecule has 0 aliphatic rings. The first-order valence-electron chi connectivity index (χ1n) is 7.28. The van der Waals surface area contributed by atoms with Crippen molar-refractivity contribution < 1.29 is 14.9 Å². The van der Waals surface area contributed by atoms with Crippen LogP contribution < -0.4 is 10.1 Å². The van der Waals surface area contributed by atoms with Crippen LogP contribution in [0.15, 0.2) is 24.3 Å². The molecule has 2 atom stereocenters. The normalized spacial score (nSPS) is 15.8. The molecule has 0 spiro atoms. The Kier molecular flexibility index (Phi) is 7.46. The summed E-state index contributed by atoms with van der Waals surface area (Å²) in [5, 5.41) is 23.7. The highest BCUT2D eigenvalue weighted by Gasteiger charge is 2.21. The molecule has 1 aromatic carbocycles. The molecule has 0 saturated carbocycles. The van der Waals surface area contributed by atoms with Crippen molar-refractivity contribution in [1.82, 2.24) is 5.32 Å². The second-order valence-corrected chi connectivity index (χ2v) is 6.58. The van der Waals surface area contributed by atoms with E-state index in [-0.39, 0.29) is 6.61 Å². The van der Waals surface area contributed by atoms with Crippen LogP contribution in [0.25, 0.3) is 0 Å². The number of benzene rings is 1. The zero-order chi connectivity index (χ0) is 15.9. The lowest BCUT2D eigenvalue weighted by molar-refractivity contribution is 0.0327. The Hall–Kier alpha value is -0.810. The van der Waals surface area contributed by atoms with Crippen LogP contribution in [0.2, 0.25) is 5.02 Å². The summed E-state index contributed by atoms with van der Waals surface area (Å²) < 4.78 is 5.46. The summed E-state index contributed by atoms with van der Waals surface area (Å²) >= 11 is 5.85. The number of hydrogen-bond acceptors (Lipinski definition) is 4. The molecule has 2 unspecified atom stereocenters. The molecule has 21 heavy (non-hydrogen) atoms.